The van der Waals surface area contributed by atoms with E-state index in [0.717, 1.165) is 0 Å². The molecule has 0 aromatic heterocycles. The number of hydrogen-bond donors (Lipinski definition) is 1. The molecule has 1 atom stereocenters. The molecule has 0 spiro atoms. The fourth-order valence-electron chi connectivity index (χ4n) is 1.62. The summed E-state index contributed by atoms with van der Waals surface area (Å²) in [5, 5.41) is 9.55. The summed E-state index contributed by atoms with van der Waals surface area (Å²) in [6.45, 7) is 0. The maximum Gasteiger partial charge on any atom is 0.225 e. The van der Waals surface area contributed by atoms with Crippen LogP contribution in [0.1, 0.15) is 17.2 Å². The number of Topliss-reactive ketones (excluding diaryl/α,β-unsaturated/α-hetero) is 1. The summed E-state index contributed by atoms with van der Waals surface area (Å²) < 4.78 is 0. The van der Waals surface area contributed by atoms with Crippen molar-refractivity contribution in [3.63, 3.8) is 0 Å². The van der Waals surface area contributed by atoms with Crippen molar-refractivity contribution in [2.45, 2.75) is 6.10 Å². The molecule has 3 heteroatoms. The van der Waals surface area contributed by atoms with E-state index in [2.05, 4.69) is 0 Å². The molecule has 14 heavy (non-hydrogen) atoms. The highest BCUT2D eigenvalue weighted by Crippen LogP contribution is 2.33. The van der Waals surface area contributed by atoms with Crippen LogP contribution in [0.3, 0.4) is 0 Å². The number of rotatable bonds is 2. The van der Waals surface area contributed by atoms with E-state index < -0.39 is 11.9 Å². The zero-order valence-corrected chi connectivity index (χ0v) is 7.31. The molecule has 0 bridgehead atoms. The average molecular weight is 188 g/mol. The van der Waals surface area contributed by atoms with Crippen LogP contribution in [0.2, 0.25) is 0 Å². The fourth-order valence-corrected chi connectivity index (χ4v) is 1.62. The van der Waals surface area contributed by atoms with Crippen LogP contribution in [0.25, 0.3) is 5.57 Å². The number of allylic oxidation sites excluding steroid dienone is 1. The van der Waals surface area contributed by atoms with Crippen molar-refractivity contribution in [2.24, 2.45) is 0 Å². The molecular weight excluding hydrogens is 180 g/mol. The van der Waals surface area contributed by atoms with Crippen molar-refractivity contribution >= 4 is 17.6 Å². The Bertz CT molecular complexity index is 432. The van der Waals surface area contributed by atoms with Crippen LogP contribution < -0.4 is 0 Å². The van der Waals surface area contributed by atoms with Gasteiger partial charge in [0.25, 0.3) is 0 Å². The number of benzene rings is 1. The first-order valence-corrected chi connectivity index (χ1v) is 4.22. The Morgan fingerprint density at radius 1 is 1.36 bits per heavy atom. The average Bonchev–Trinajstić information content (AvgIpc) is 2.56. The van der Waals surface area contributed by atoms with Crippen molar-refractivity contribution in [1.29, 1.82) is 0 Å². The number of carbonyl (C=O) groups is 2. The summed E-state index contributed by atoms with van der Waals surface area (Å²) in [6, 6.07) is 7.01. The first-order chi connectivity index (χ1) is 6.74. The minimum atomic E-state index is -0.773. The van der Waals surface area contributed by atoms with Gasteiger partial charge in [0, 0.05) is 5.57 Å². The highest BCUT2D eigenvalue weighted by atomic mass is 16.3. The summed E-state index contributed by atoms with van der Waals surface area (Å²) in [4.78, 5) is 21.5. The molecule has 1 aliphatic carbocycles. The summed E-state index contributed by atoms with van der Waals surface area (Å²) in [5.74, 6) is -0.589. The van der Waals surface area contributed by atoms with Crippen LogP contribution in [0, 0.1) is 0 Å². The molecule has 0 aliphatic heterocycles. The molecule has 0 radical (unpaired) electrons. The van der Waals surface area contributed by atoms with Crippen molar-refractivity contribution in [3.8, 4) is 0 Å². The van der Waals surface area contributed by atoms with E-state index in [1.54, 1.807) is 24.3 Å². The molecule has 3 nitrogen and oxygen atoms in total. The zero-order chi connectivity index (χ0) is 10.1. The van der Waals surface area contributed by atoms with E-state index in [-0.39, 0.29) is 6.29 Å². The minimum absolute atomic E-state index is 0.265. The van der Waals surface area contributed by atoms with Gasteiger partial charge in [-0.3, -0.25) is 9.59 Å². The van der Waals surface area contributed by atoms with Gasteiger partial charge in [0.2, 0.25) is 5.78 Å². The summed E-state index contributed by atoms with van der Waals surface area (Å²) in [5.41, 5.74) is 1.62. The molecule has 1 aromatic rings. The predicted molar refractivity (Wildman–Crippen MR) is 50.4 cm³/mol. The molecule has 1 N–H and O–H groups in total. The third-order valence-corrected chi connectivity index (χ3v) is 2.27. The van der Waals surface area contributed by atoms with E-state index in [0.29, 0.717) is 16.7 Å². The minimum Gasteiger partial charge on any atom is -0.384 e. The Kier molecular flexibility index (Phi) is 2.02. The third-order valence-electron chi connectivity index (χ3n) is 2.27. The first kappa shape index (κ1) is 8.84. The van der Waals surface area contributed by atoms with Crippen molar-refractivity contribution in [3.05, 3.63) is 41.5 Å². The van der Waals surface area contributed by atoms with Gasteiger partial charge in [-0.05, 0) is 17.2 Å². The van der Waals surface area contributed by atoms with Gasteiger partial charge in [0.15, 0.2) is 6.29 Å². The Morgan fingerprint density at radius 2 is 2.07 bits per heavy atom. The number of aldehydes is 1. The molecule has 70 valence electrons. The summed E-state index contributed by atoms with van der Waals surface area (Å²) in [7, 11) is 0. The lowest BCUT2D eigenvalue weighted by Crippen LogP contribution is -2.00. The van der Waals surface area contributed by atoms with E-state index in [4.69, 9.17) is 0 Å². The lowest BCUT2D eigenvalue weighted by molar-refractivity contribution is -0.126. The van der Waals surface area contributed by atoms with Crippen molar-refractivity contribution in [2.75, 3.05) is 0 Å². The molecule has 0 saturated heterocycles. The van der Waals surface area contributed by atoms with Gasteiger partial charge in [-0.15, -0.1) is 0 Å². The smallest absolute Gasteiger partial charge is 0.225 e. The lowest BCUT2D eigenvalue weighted by atomic mass is 10.0. The highest BCUT2D eigenvalue weighted by molar-refractivity contribution is 6.46. The number of carbonyl (C=O) groups excluding carboxylic acids is 2. The molecule has 0 fully saturated rings. The van der Waals surface area contributed by atoms with E-state index in [1.807, 2.05) is 0 Å². The molecule has 2 rings (SSSR count). The van der Waals surface area contributed by atoms with Gasteiger partial charge < -0.3 is 5.11 Å². The maximum absolute atomic E-state index is 11.2. The Balaban J connectivity index is 2.53. The fraction of sp³-hybridized carbons (Fsp3) is 0.0909. The first-order valence-electron chi connectivity index (χ1n) is 4.22. The Labute approximate surface area is 80.7 Å². The monoisotopic (exact) mass is 188 g/mol. The van der Waals surface area contributed by atoms with Gasteiger partial charge in [0.05, 0.1) is 6.10 Å². The second-order valence-corrected chi connectivity index (χ2v) is 3.09. The van der Waals surface area contributed by atoms with Gasteiger partial charge in [-0.25, -0.2) is 0 Å². The van der Waals surface area contributed by atoms with Crippen molar-refractivity contribution < 1.29 is 14.7 Å². The van der Waals surface area contributed by atoms with Gasteiger partial charge >= 0.3 is 0 Å². The van der Waals surface area contributed by atoms with Gasteiger partial charge in [-0.2, -0.15) is 0 Å². The molecule has 0 saturated carbocycles. The Hall–Kier alpha value is -1.74. The molecule has 0 heterocycles. The van der Waals surface area contributed by atoms with Crippen LogP contribution in [-0.2, 0) is 9.59 Å². The standard InChI is InChI=1S/C11H8O3/c12-6-11(14)9-5-10(13)8-4-2-1-3-7(8)9/h1-6,10,13H. The molecule has 1 unspecified atom stereocenters. The summed E-state index contributed by atoms with van der Waals surface area (Å²) in [6.07, 6.45) is 0.896. The SMILES string of the molecule is O=CC(=O)C1=CC(O)c2ccccc21. The van der Waals surface area contributed by atoms with Crippen LogP contribution in [0.5, 0.6) is 0 Å². The molecular formula is C11H8O3. The topological polar surface area (TPSA) is 54.4 Å². The number of hydrogen-bond acceptors (Lipinski definition) is 3. The third kappa shape index (κ3) is 1.18. The van der Waals surface area contributed by atoms with Gasteiger partial charge in [-0.1, -0.05) is 24.3 Å². The number of aliphatic hydroxyl groups is 1. The number of ketones is 1. The normalized spacial score (nSPS) is 18.6. The van der Waals surface area contributed by atoms with Crippen LogP contribution in [-0.4, -0.2) is 17.2 Å². The lowest BCUT2D eigenvalue weighted by Gasteiger charge is -2.02. The highest BCUT2D eigenvalue weighted by Gasteiger charge is 2.24. The van der Waals surface area contributed by atoms with Crippen LogP contribution >= 0.6 is 0 Å². The van der Waals surface area contributed by atoms with E-state index in [9.17, 15) is 14.7 Å². The second kappa shape index (κ2) is 3.20. The predicted octanol–water partition coefficient (Wildman–Crippen LogP) is 0.885. The number of aliphatic hydroxyl groups excluding tert-OH is 1. The zero-order valence-electron chi connectivity index (χ0n) is 7.31. The molecule has 1 aromatic carbocycles. The molecule has 1 aliphatic rings. The summed E-state index contributed by atoms with van der Waals surface area (Å²) >= 11 is 0. The maximum atomic E-state index is 11.2. The largest absolute Gasteiger partial charge is 0.384 e. The quantitative estimate of drug-likeness (QED) is 0.553. The second-order valence-electron chi connectivity index (χ2n) is 3.09. The van der Waals surface area contributed by atoms with E-state index in [1.165, 1.54) is 6.08 Å². The van der Waals surface area contributed by atoms with Crippen molar-refractivity contribution in [1.82, 2.24) is 0 Å². The van der Waals surface area contributed by atoms with Crippen LogP contribution in [0.4, 0.5) is 0 Å². The molecule has 0 amide bonds. The van der Waals surface area contributed by atoms with E-state index >= 15 is 0 Å². The van der Waals surface area contributed by atoms with Crippen LogP contribution in [0.15, 0.2) is 30.3 Å². The van der Waals surface area contributed by atoms with Gasteiger partial charge in [0.1, 0.15) is 0 Å². The number of fused-ring (bicyclic) bond motifs is 1. The Morgan fingerprint density at radius 3 is 2.79 bits per heavy atom.